The Balaban J connectivity index is 2.65. The van der Waals surface area contributed by atoms with E-state index in [9.17, 15) is 0 Å². The van der Waals surface area contributed by atoms with Gasteiger partial charge in [0.25, 0.3) is 0 Å². The van der Waals surface area contributed by atoms with Crippen molar-refractivity contribution in [3.63, 3.8) is 0 Å². The molecule has 1 heterocycles. The second kappa shape index (κ2) is 3.80. The Morgan fingerprint density at radius 1 is 1.20 bits per heavy atom. The number of nitrogens with zero attached hydrogens (tertiary/aromatic N) is 2. The third kappa shape index (κ3) is 1.74. The van der Waals surface area contributed by atoms with Crippen LogP contribution in [0.2, 0.25) is 5.02 Å². The molecule has 2 rings (SSSR count). The molecule has 0 saturated carbocycles. The van der Waals surface area contributed by atoms with Crippen LogP contribution in [0.3, 0.4) is 0 Å². The lowest BCUT2D eigenvalue weighted by atomic mass is 10.1. The van der Waals surface area contributed by atoms with Gasteiger partial charge in [0, 0.05) is 35.6 Å². The predicted octanol–water partition coefficient (Wildman–Crippen LogP) is 3.22. The smallest absolute Gasteiger partial charge is 0.101 e. The molecule has 1 aromatic heterocycles. The van der Waals surface area contributed by atoms with Crippen LogP contribution in [0.15, 0.2) is 36.7 Å². The van der Waals surface area contributed by atoms with Crippen molar-refractivity contribution in [2.75, 3.05) is 0 Å². The lowest BCUT2D eigenvalue weighted by Crippen LogP contribution is -1.79. The fourth-order valence-corrected chi connectivity index (χ4v) is 1.80. The standard InChI is InChI=1S/C12H9ClN2/c1-15-7-9(6-14)11(8-15)10-4-2-3-5-12(10)13/h2-5,7-8H,1H3. The quantitative estimate of drug-likeness (QED) is 0.720. The number of hydrogen-bond acceptors (Lipinski definition) is 1. The van der Waals surface area contributed by atoms with E-state index in [0.29, 0.717) is 10.6 Å². The minimum absolute atomic E-state index is 0.644. The lowest BCUT2D eigenvalue weighted by Gasteiger charge is -2.01. The van der Waals surface area contributed by atoms with Gasteiger partial charge in [-0.2, -0.15) is 5.26 Å². The van der Waals surface area contributed by atoms with Crippen LogP contribution in [0.25, 0.3) is 11.1 Å². The van der Waals surface area contributed by atoms with Crippen LogP contribution in [0.1, 0.15) is 5.56 Å². The summed E-state index contributed by atoms with van der Waals surface area (Å²) in [4.78, 5) is 0. The van der Waals surface area contributed by atoms with Crippen LogP contribution in [0, 0.1) is 11.3 Å². The Morgan fingerprint density at radius 2 is 1.93 bits per heavy atom. The topological polar surface area (TPSA) is 28.7 Å². The van der Waals surface area contributed by atoms with Gasteiger partial charge in [-0.15, -0.1) is 0 Å². The zero-order valence-corrected chi connectivity index (χ0v) is 8.99. The minimum atomic E-state index is 0.644. The summed E-state index contributed by atoms with van der Waals surface area (Å²) in [6.45, 7) is 0. The summed E-state index contributed by atoms with van der Waals surface area (Å²) in [6.07, 6.45) is 3.69. The highest BCUT2D eigenvalue weighted by Gasteiger charge is 2.09. The molecule has 1 aromatic carbocycles. The van der Waals surface area contributed by atoms with E-state index in [1.165, 1.54) is 0 Å². The van der Waals surface area contributed by atoms with E-state index >= 15 is 0 Å². The predicted molar refractivity (Wildman–Crippen MR) is 60.6 cm³/mol. The molecule has 74 valence electrons. The van der Waals surface area contributed by atoms with Crippen LogP contribution < -0.4 is 0 Å². The fourth-order valence-electron chi connectivity index (χ4n) is 1.57. The van der Waals surface area contributed by atoms with Gasteiger partial charge in [-0.25, -0.2) is 0 Å². The number of nitriles is 1. The Bertz CT molecular complexity index is 535. The number of aryl methyl sites for hydroxylation is 1. The summed E-state index contributed by atoms with van der Waals surface area (Å²) >= 11 is 6.08. The number of benzene rings is 1. The van der Waals surface area contributed by atoms with Crippen LogP contribution in [-0.2, 0) is 7.05 Å². The maximum absolute atomic E-state index is 8.98. The molecule has 0 bridgehead atoms. The normalized spacial score (nSPS) is 9.93. The molecular weight excluding hydrogens is 208 g/mol. The molecule has 2 nitrogen and oxygen atoms in total. The largest absolute Gasteiger partial charge is 0.355 e. The molecule has 0 amide bonds. The van der Waals surface area contributed by atoms with Crippen molar-refractivity contribution in [1.82, 2.24) is 4.57 Å². The molecule has 0 aliphatic carbocycles. The van der Waals surface area contributed by atoms with Crippen LogP contribution >= 0.6 is 11.6 Å². The Hall–Kier alpha value is -1.72. The fraction of sp³-hybridized carbons (Fsp3) is 0.0833. The molecule has 2 aromatic rings. The van der Waals surface area contributed by atoms with E-state index < -0.39 is 0 Å². The van der Waals surface area contributed by atoms with Gasteiger partial charge in [-0.05, 0) is 6.07 Å². The summed E-state index contributed by atoms with van der Waals surface area (Å²) in [7, 11) is 1.89. The van der Waals surface area contributed by atoms with E-state index in [1.54, 1.807) is 6.20 Å². The third-order valence-corrected chi connectivity index (χ3v) is 2.57. The minimum Gasteiger partial charge on any atom is -0.355 e. The molecule has 0 fully saturated rings. The van der Waals surface area contributed by atoms with Crippen molar-refractivity contribution in [2.45, 2.75) is 0 Å². The first kappa shape index (κ1) is 9.82. The van der Waals surface area contributed by atoms with Gasteiger partial charge in [0.05, 0.1) is 5.56 Å². The SMILES string of the molecule is Cn1cc(C#N)c(-c2ccccc2Cl)c1. The summed E-state index contributed by atoms with van der Waals surface area (Å²) in [6, 6.07) is 9.69. The van der Waals surface area contributed by atoms with Gasteiger partial charge in [-0.1, -0.05) is 29.8 Å². The van der Waals surface area contributed by atoms with Gasteiger partial charge in [0.2, 0.25) is 0 Å². The molecule has 0 saturated heterocycles. The molecule has 0 N–H and O–H groups in total. The van der Waals surface area contributed by atoms with Gasteiger partial charge in [0.15, 0.2) is 0 Å². The molecule has 0 unspecified atom stereocenters. The van der Waals surface area contributed by atoms with Crippen molar-refractivity contribution in [3.8, 4) is 17.2 Å². The lowest BCUT2D eigenvalue weighted by molar-refractivity contribution is 0.927. The van der Waals surface area contributed by atoms with E-state index in [1.807, 2.05) is 42.1 Å². The van der Waals surface area contributed by atoms with Crippen molar-refractivity contribution in [3.05, 3.63) is 47.2 Å². The molecule has 0 aliphatic rings. The van der Waals surface area contributed by atoms with E-state index in [2.05, 4.69) is 6.07 Å². The number of rotatable bonds is 1. The number of hydrogen-bond donors (Lipinski definition) is 0. The summed E-state index contributed by atoms with van der Waals surface area (Å²) < 4.78 is 1.86. The first-order valence-electron chi connectivity index (χ1n) is 4.53. The van der Waals surface area contributed by atoms with Crippen LogP contribution in [0.4, 0.5) is 0 Å². The summed E-state index contributed by atoms with van der Waals surface area (Å²) in [5.41, 5.74) is 2.42. The Labute approximate surface area is 93.3 Å². The highest BCUT2D eigenvalue weighted by Crippen LogP contribution is 2.30. The molecule has 15 heavy (non-hydrogen) atoms. The third-order valence-electron chi connectivity index (χ3n) is 2.24. The zero-order chi connectivity index (χ0) is 10.8. The van der Waals surface area contributed by atoms with Crippen LogP contribution in [0.5, 0.6) is 0 Å². The van der Waals surface area contributed by atoms with Gasteiger partial charge >= 0.3 is 0 Å². The monoisotopic (exact) mass is 216 g/mol. The first-order valence-corrected chi connectivity index (χ1v) is 4.91. The van der Waals surface area contributed by atoms with Crippen molar-refractivity contribution < 1.29 is 0 Å². The average Bonchev–Trinajstić information content (AvgIpc) is 2.60. The van der Waals surface area contributed by atoms with E-state index in [0.717, 1.165) is 11.1 Å². The van der Waals surface area contributed by atoms with E-state index in [4.69, 9.17) is 16.9 Å². The maximum atomic E-state index is 8.98. The van der Waals surface area contributed by atoms with Crippen LogP contribution in [-0.4, -0.2) is 4.57 Å². The number of halogens is 1. The number of aromatic nitrogens is 1. The van der Waals surface area contributed by atoms with Crippen molar-refractivity contribution in [1.29, 1.82) is 5.26 Å². The molecule has 3 heteroatoms. The maximum Gasteiger partial charge on any atom is 0.101 e. The highest BCUT2D eigenvalue weighted by atomic mass is 35.5. The van der Waals surface area contributed by atoms with Gasteiger partial charge in [0.1, 0.15) is 6.07 Å². The average molecular weight is 217 g/mol. The first-order chi connectivity index (χ1) is 7.22. The zero-order valence-electron chi connectivity index (χ0n) is 8.24. The second-order valence-electron chi connectivity index (χ2n) is 3.34. The van der Waals surface area contributed by atoms with Crippen molar-refractivity contribution >= 4 is 11.6 Å². The Morgan fingerprint density at radius 3 is 2.60 bits per heavy atom. The molecule has 0 atom stereocenters. The molecule has 0 radical (unpaired) electrons. The Kier molecular flexibility index (Phi) is 2.49. The molecule has 0 aliphatic heterocycles. The molecular formula is C12H9ClN2. The van der Waals surface area contributed by atoms with Gasteiger partial charge < -0.3 is 4.57 Å². The summed E-state index contributed by atoms with van der Waals surface area (Å²) in [5, 5.41) is 9.64. The molecule has 0 spiro atoms. The second-order valence-corrected chi connectivity index (χ2v) is 3.75. The van der Waals surface area contributed by atoms with E-state index in [-0.39, 0.29) is 0 Å². The highest BCUT2D eigenvalue weighted by molar-refractivity contribution is 6.33. The van der Waals surface area contributed by atoms with Crippen molar-refractivity contribution in [2.24, 2.45) is 7.05 Å². The van der Waals surface area contributed by atoms with Gasteiger partial charge in [-0.3, -0.25) is 0 Å². The summed E-state index contributed by atoms with van der Waals surface area (Å²) in [5.74, 6) is 0.